The number of thioether (sulfide) groups is 1. The van der Waals surface area contributed by atoms with Crippen LogP contribution in [0.3, 0.4) is 0 Å². The fraction of sp³-hybridized carbons (Fsp3) is 0.238. The van der Waals surface area contributed by atoms with Crippen LogP contribution in [0.15, 0.2) is 56.6 Å². The molecule has 4 rings (SSSR count). The largest absolute Gasteiger partial charge is 0.431 e. The number of fused-ring (bicyclic) bond motifs is 1. The van der Waals surface area contributed by atoms with Crippen LogP contribution in [0, 0.1) is 13.8 Å². The van der Waals surface area contributed by atoms with Crippen LogP contribution in [-0.4, -0.2) is 21.0 Å². The van der Waals surface area contributed by atoms with E-state index in [1.54, 1.807) is 0 Å². The Morgan fingerprint density at radius 2 is 1.97 bits per heavy atom. The average molecular weight is 408 g/mol. The van der Waals surface area contributed by atoms with Gasteiger partial charge >= 0.3 is 0 Å². The Morgan fingerprint density at radius 1 is 1.10 bits per heavy atom. The summed E-state index contributed by atoms with van der Waals surface area (Å²) in [5.41, 5.74) is 4.60. The van der Waals surface area contributed by atoms with Crippen LogP contribution in [0.4, 0.5) is 5.69 Å². The number of carbonyl (C=O) groups is 1. The molecule has 2 aromatic heterocycles. The molecule has 0 spiro atoms. The Morgan fingerprint density at radius 3 is 2.83 bits per heavy atom. The molecule has 0 saturated heterocycles. The molecule has 2 aromatic carbocycles. The summed E-state index contributed by atoms with van der Waals surface area (Å²) in [6.07, 6.45) is 0.657. The first-order valence-electron chi connectivity index (χ1n) is 9.24. The number of nitrogens with one attached hydrogen (secondary N) is 1. The Bertz CT molecular complexity index is 1120. The molecule has 0 bridgehead atoms. The predicted molar refractivity (Wildman–Crippen MR) is 111 cm³/mol. The number of rotatable bonds is 7. The van der Waals surface area contributed by atoms with Crippen LogP contribution in [0.5, 0.6) is 0 Å². The molecule has 0 atom stereocenters. The van der Waals surface area contributed by atoms with Crippen LogP contribution >= 0.6 is 11.8 Å². The number of aryl methyl sites for hydroxylation is 2. The van der Waals surface area contributed by atoms with Crippen molar-refractivity contribution in [3.63, 3.8) is 0 Å². The van der Waals surface area contributed by atoms with E-state index in [2.05, 4.69) is 20.4 Å². The number of amides is 1. The highest BCUT2D eigenvalue weighted by atomic mass is 32.2. The quantitative estimate of drug-likeness (QED) is 0.443. The summed E-state index contributed by atoms with van der Waals surface area (Å²) in [6.45, 7) is 4.01. The predicted octanol–water partition coefficient (Wildman–Crippen LogP) is 4.69. The average Bonchev–Trinajstić information content (AvgIpc) is 3.34. The number of anilines is 1. The minimum atomic E-state index is -0.0840. The van der Waals surface area contributed by atoms with Crippen LogP contribution in [0.1, 0.15) is 29.3 Å². The molecule has 2 heterocycles. The SMILES string of the molecule is Cc1cccc(NC(=O)CCc2nc(CSc3nc4ccccc4o3)no2)c1C. The molecule has 0 radical (unpaired) electrons. The summed E-state index contributed by atoms with van der Waals surface area (Å²) in [4.78, 5) is 21.0. The van der Waals surface area contributed by atoms with E-state index in [0.717, 1.165) is 27.9 Å². The molecular weight excluding hydrogens is 388 g/mol. The first kappa shape index (κ1) is 19.2. The van der Waals surface area contributed by atoms with Crippen molar-refractivity contribution in [2.45, 2.75) is 37.7 Å². The number of oxazole rings is 1. The Hall–Kier alpha value is -3.13. The molecule has 0 fully saturated rings. The van der Waals surface area contributed by atoms with Gasteiger partial charge in [0.1, 0.15) is 5.52 Å². The number of hydrogen-bond donors (Lipinski definition) is 1. The van der Waals surface area contributed by atoms with Crippen molar-refractivity contribution in [1.82, 2.24) is 15.1 Å². The van der Waals surface area contributed by atoms with Crippen molar-refractivity contribution in [1.29, 1.82) is 0 Å². The monoisotopic (exact) mass is 408 g/mol. The molecule has 0 unspecified atom stereocenters. The maximum absolute atomic E-state index is 12.2. The molecule has 29 heavy (non-hydrogen) atoms. The van der Waals surface area contributed by atoms with Gasteiger partial charge in [0, 0.05) is 18.5 Å². The van der Waals surface area contributed by atoms with Gasteiger partial charge in [-0.3, -0.25) is 4.79 Å². The molecular formula is C21H20N4O3S. The summed E-state index contributed by atoms with van der Waals surface area (Å²) < 4.78 is 10.9. The van der Waals surface area contributed by atoms with E-state index in [-0.39, 0.29) is 12.3 Å². The molecule has 0 saturated carbocycles. The number of nitrogens with zero attached hydrogens (tertiary/aromatic N) is 3. The van der Waals surface area contributed by atoms with Crippen LogP contribution in [0.2, 0.25) is 0 Å². The number of hydrogen-bond acceptors (Lipinski definition) is 7. The summed E-state index contributed by atoms with van der Waals surface area (Å²) in [6, 6.07) is 13.4. The van der Waals surface area contributed by atoms with Crippen LogP contribution < -0.4 is 5.32 Å². The molecule has 8 heteroatoms. The maximum atomic E-state index is 12.2. The Balaban J connectivity index is 1.28. The second-order valence-electron chi connectivity index (χ2n) is 6.64. The standard InChI is InChI=1S/C21H20N4O3S/c1-13-6-5-8-15(14(13)2)22-19(26)10-11-20-24-18(25-28-20)12-29-21-23-16-7-3-4-9-17(16)27-21/h3-9H,10-12H2,1-2H3,(H,22,26). The van der Waals surface area contributed by atoms with Crippen LogP contribution in [0.25, 0.3) is 11.1 Å². The lowest BCUT2D eigenvalue weighted by Crippen LogP contribution is -2.13. The highest BCUT2D eigenvalue weighted by Crippen LogP contribution is 2.25. The van der Waals surface area contributed by atoms with E-state index in [0.29, 0.717) is 29.1 Å². The molecule has 0 aliphatic rings. The van der Waals surface area contributed by atoms with Gasteiger partial charge < -0.3 is 14.3 Å². The zero-order chi connectivity index (χ0) is 20.2. The zero-order valence-corrected chi connectivity index (χ0v) is 17.0. The normalized spacial score (nSPS) is 11.1. The fourth-order valence-corrected chi connectivity index (χ4v) is 3.49. The van der Waals surface area contributed by atoms with Gasteiger partial charge in [-0.2, -0.15) is 4.98 Å². The number of benzene rings is 2. The zero-order valence-electron chi connectivity index (χ0n) is 16.1. The minimum Gasteiger partial charge on any atom is -0.431 e. The molecule has 7 nitrogen and oxygen atoms in total. The molecule has 148 valence electrons. The Labute approximate surface area is 171 Å². The minimum absolute atomic E-state index is 0.0840. The summed E-state index contributed by atoms with van der Waals surface area (Å²) in [7, 11) is 0. The van der Waals surface area contributed by atoms with Gasteiger partial charge in [0.15, 0.2) is 11.4 Å². The van der Waals surface area contributed by atoms with Crippen molar-refractivity contribution in [3.05, 3.63) is 65.3 Å². The van der Waals surface area contributed by atoms with Crippen molar-refractivity contribution < 1.29 is 13.7 Å². The summed E-state index contributed by atoms with van der Waals surface area (Å²) >= 11 is 1.40. The Kier molecular flexibility index (Phi) is 5.62. The fourth-order valence-electron chi connectivity index (χ4n) is 2.81. The third kappa shape index (κ3) is 4.65. The van der Waals surface area contributed by atoms with Crippen molar-refractivity contribution in [2.24, 2.45) is 0 Å². The van der Waals surface area contributed by atoms with Gasteiger partial charge in [-0.25, -0.2) is 4.98 Å². The van der Waals surface area contributed by atoms with Gasteiger partial charge in [0.05, 0.1) is 5.75 Å². The second kappa shape index (κ2) is 8.48. The van der Waals surface area contributed by atoms with E-state index >= 15 is 0 Å². The molecule has 4 aromatic rings. The number of carbonyl (C=O) groups excluding carboxylic acids is 1. The smallest absolute Gasteiger partial charge is 0.257 e. The molecule has 1 amide bonds. The lowest BCUT2D eigenvalue weighted by atomic mass is 10.1. The third-order valence-electron chi connectivity index (χ3n) is 4.55. The highest BCUT2D eigenvalue weighted by Gasteiger charge is 2.12. The van der Waals surface area contributed by atoms with Gasteiger partial charge in [0.2, 0.25) is 11.8 Å². The first-order valence-corrected chi connectivity index (χ1v) is 10.2. The summed E-state index contributed by atoms with van der Waals surface area (Å²) in [5, 5.41) is 7.46. The van der Waals surface area contributed by atoms with Gasteiger partial charge in [-0.15, -0.1) is 0 Å². The topological polar surface area (TPSA) is 94.1 Å². The van der Waals surface area contributed by atoms with E-state index in [9.17, 15) is 4.79 Å². The lowest BCUT2D eigenvalue weighted by molar-refractivity contribution is -0.116. The van der Waals surface area contributed by atoms with Crippen molar-refractivity contribution in [2.75, 3.05) is 5.32 Å². The van der Waals surface area contributed by atoms with E-state index in [4.69, 9.17) is 8.94 Å². The molecule has 0 aliphatic carbocycles. The summed E-state index contributed by atoms with van der Waals surface area (Å²) in [5.74, 6) is 1.38. The van der Waals surface area contributed by atoms with E-state index in [1.165, 1.54) is 11.8 Å². The van der Waals surface area contributed by atoms with Crippen molar-refractivity contribution >= 4 is 34.5 Å². The van der Waals surface area contributed by atoms with E-state index in [1.807, 2.05) is 56.3 Å². The first-order chi connectivity index (χ1) is 14.1. The molecule has 0 aliphatic heterocycles. The lowest BCUT2D eigenvalue weighted by Gasteiger charge is -2.09. The third-order valence-corrected chi connectivity index (χ3v) is 5.38. The van der Waals surface area contributed by atoms with Crippen molar-refractivity contribution in [3.8, 4) is 0 Å². The van der Waals surface area contributed by atoms with Crippen LogP contribution in [-0.2, 0) is 17.0 Å². The highest BCUT2D eigenvalue weighted by molar-refractivity contribution is 7.98. The van der Waals surface area contributed by atoms with Gasteiger partial charge in [-0.1, -0.05) is 41.2 Å². The molecule has 1 N–H and O–H groups in total. The maximum Gasteiger partial charge on any atom is 0.257 e. The second-order valence-corrected chi connectivity index (χ2v) is 7.56. The van der Waals surface area contributed by atoms with Gasteiger partial charge in [0.25, 0.3) is 5.22 Å². The number of para-hydroxylation sites is 2. The van der Waals surface area contributed by atoms with Gasteiger partial charge in [-0.05, 0) is 43.2 Å². The van der Waals surface area contributed by atoms with E-state index < -0.39 is 0 Å². The number of aromatic nitrogens is 3.